The lowest BCUT2D eigenvalue weighted by Crippen LogP contribution is -2.50. The number of halogens is 1. The Bertz CT molecular complexity index is 755. The number of benzene rings is 2. The van der Waals surface area contributed by atoms with Gasteiger partial charge in [-0.1, -0.05) is 18.2 Å². The number of hydrogen-bond donors (Lipinski definition) is 0. The molecule has 0 bridgehead atoms. The van der Waals surface area contributed by atoms with E-state index in [1.54, 1.807) is 17.0 Å². The van der Waals surface area contributed by atoms with Crippen LogP contribution in [-0.2, 0) is 4.79 Å². The van der Waals surface area contributed by atoms with Gasteiger partial charge in [0.25, 0.3) is 5.91 Å². The fourth-order valence-corrected chi connectivity index (χ4v) is 3.07. The first-order valence-electron chi connectivity index (χ1n) is 8.52. The van der Waals surface area contributed by atoms with E-state index in [0.29, 0.717) is 18.8 Å². The van der Waals surface area contributed by atoms with Crippen molar-refractivity contribution in [3.8, 4) is 5.75 Å². The summed E-state index contributed by atoms with van der Waals surface area (Å²) in [6.45, 7) is 7.12. The van der Waals surface area contributed by atoms with Crippen LogP contribution in [0.1, 0.15) is 11.1 Å². The molecule has 1 amide bonds. The lowest BCUT2D eigenvalue weighted by molar-refractivity contribution is -0.133. The van der Waals surface area contributed by atoms with Crippen LogP contribution in [0.5, 0.6) is 5.75 Å². The van der Waals surface area contributed by atoms with E-state index in [2.05, 4.69) is 36.9 Å². The molecule has 2 aromatic rings. The van der Waals surface area contributed by atoms with E-state index < -0.39 is 0 Å². The fraction of sp³-hybridized carbons (Fsp3) is 0.350. The second-order valence-corrected chi connectivity index (χ2v) is 6.33. The Morgan fingerprint density at radius 2 is 1.80 bits per heavy atom. The highest BCUT2D eigenvalue weighted by molar-refractivity contribution is 5.78. The normalized spacial score (nSPS) is 14.5. The van der Waals surface area contributed by atoms with Crippen LogP contribution in [0.15, 0.2) is 42.5 Å². The van der Waals surface area contributed by atoms with Crippen molar-refractivity contribution in [3.63, 3.8) is 0 Å². The molecule has 0 unspecified atom stereocenters. The Balaban J connectivity index is 1.53. The molecule has 1 aliphatic heterocycles. The predicted octanol–water partition coefficient (Wildman–Crippen LogP) is 3.17. The minimum Gasteiger partial charge on any atom is -0.484 e. The van der Waals surface area contributed by atoms with E-state index in [-0.39, 0.29) is 18.3 Å². The number of aryl methyl sites for hydroxylation is 1. The van der Waals surface area contributed by atoms with Gasteiger partial charge in [0.1, 0.15) is 11.6 Å². The minimum atomic E-state index is -0.368. The van der Waals surface area contributed by atoms with Crippen LogP contribution >= 0.6 is 0 Å². The Hall–Kier alpha value is -2.56. The average Bonchev–Trinajstić information content (AvgIpc) is 2.62. The molecule has 0 radical (unpaired) electrons. The number of rotatable bonds is 4. The zero-order valence-corrected chi connectivity index (χ0v) is 14.7. The van der Waals surface area contributed by atoms with Crippen LogP contribution in [0.2, 0.25) is 0 Å². The van der Waals surface area contributed by atoms with Crippen molar-refractivity contribution in [3.05, 3.63) is 59.4 Å². The lowest BCUT2D eigenvalue weighted by atomic mass is 10.1. The number of carbonyl (C=O) groups excluding carboxylic acids is 1. The molecule has 0 aromatic heterocycles. The van der Waals surface area contributed by atoms with Gasteiger partial charge in [-0.05, 0) is 43.2 Å². The van der Waals surface area contributed by atoms with E-state index in [1.807, 2.05) is 0 Å². The first kappa shape index (κ1) is 17.3. The quantitative estimate of drug-likeness (QED) is 0.856. The molecule has 0 saturated carbocycles. The van der Waals surface area contributed by atoms with E-state index in [4.69, 9.17) is 4.74 Å². The topological polar surface area (TPSA) is 32.8 Å². The van der Waals surface area contributed by atoms with Crippen LogP contribution in [0.25, 0.3) is 0 Å². The van der Waals surface area contributed by atoms with Crippen LogP contribution in [0.3, 0.4) is 0 Å². The second kappa shape index (κ2) is 7.55. The smallest absolute Gasteiger partial charge is 0.260 e. The Kier molecular flexibility index (Phi) is 5.22. The first-order chi connectivity index (χ1) is 12.0. The molecule has 0 atom stereocenters. The minimum absolute atomic E-state index is 0.0626. The number of piperazine rings is 1. The predicted molar refractivity (Wildman–Crippen MR) is 96.6 cm³/mol. The van der Waals surface area contributed by atoms with Gasteiger partial charge in [0, 0.05) is 37.9 Å². The number of carbonyl (C=O) groups is 1. The molecule has 25 heavy (non-hydrogen) atoms. The van der Waals surface area contributed by atoms with Crippen LogP contribution in [0, 0.1) is 19.7 Å². The van der Waals surface area contributed by atoms with Crippen molar-refractivity contribution >= 4 is 11.6 Å². The van der Waals surface area contributed by atoms with Crippen molar-refractivity contribution < 1.29 is 13.9 Å². The highest BCUT2D eigenvalue weighted by Crippen LogP contribution is 2.24. The summed E-state index contributed by atoms with van der Waals surface area (Å²) in [7, 11) is 0. The molecule has 0 N–H and O–H groups in total. The van der Waals surface area contributed by atoms with Gasteiger partial charge in [0.05, 0.1) is 0 Å². The lowest BCUT2D eigenvalue weighted by Gasteiger charge is -2.37. The third-order valence-corrected chi connectivity index (χ3v) is 4.71. The standard InChI is InChI=1S/C20H23FN2O2/c1-15-5-3-8-19(16(15)2)22-9-11-23(12-10-22)20(24)14-25-18-7-4-6-17(21)13-18/h3-8,13H,9-12,14H2,1-2H3. The van der Waals surface area contributed by atoms with Crippen LogP contribution in [0.4, 0.5) is 10.1 Å². The maximum absolute atomic E-state index is 13.1. The summed E-state index contributed by atoms with van der Waals surface area (Å²) in [5.74, 6) is -0.0562. The maximum Gasteiger partial charge on any atom is 0.260 e. The Morgan fingerprint density at radius 1 is 1.08 bits per heavy atom. The molecule has 4 nitrogen and oxygen atoms in total. The molecule has 0 spiro atoms. The number of nitrogens with zero attached hydrogens (tertiary/aromatic N) is 2. The van der Waals surface area contributed by atoms with Gasteiger partial charge in [-0.25, -0.2) is 4.39 Å². The van der Waals surface area contributed by atoms with Crippen LogP contribution in [-0.4, -0.2) is 43.6 Å². The van der Waals surface area contributed by atoms with E-state index in [0.717, 1.165) is 13.1 Å². The second-order valence-electron chi connectivity index (χ2n) is 6.33. The molecule has 1 fully saturated rings. The zero-order chi connectivity index (χ0) is 17.8. The largest absolute Gasteiger partial charge is 0.484 e. The average molecular weight is 342 g/mol. The summed E-state index contributed by atoms with van der Waals surface area (Å²) in [6.07, 6.45) is 0. The van der Waals surface area contributed by atoms with Gasteiger partial charge < -0.3 is 14.5 Å². The first-order valence-corrected chi connectivity index (χ1v) is 8.52. The maximum atomic E-state index is 13.1. The van der Waals surface area contributed by atoms with Crippen molar-refractivity contribution in [1.82, 2.24) is 4.90 Å². The van der Waals surface area contributed by atoms with Crippen molar-refractivity contribution in [2.24, 2.45) is 0 Å². The van der Waals surface area contributed by atoms with E-state index >= 15 is 0 Å². The number of amides is 1. The van der Waals surface area contributed by atoms with Gasteiger partial charge >= 0.3 is 0 Å². The van der Waals surface area contributed by atoms with Crippen LogP contribution < -0.4 is 9.64 Å². The monoisotopic (exact) mass is 342 g/mol. The van der Waals surface area contributed by atoms with Gasteiger partial charge in [0.15, 0.2) is 6.61 Å². The summed E-state index contributed by atoms with van der Waals surface area (Å²) in [4.78, 5) is 16.4. The number of ether oxygens (including phenoxy) is 1. The van der Waals surface area contributed by atoms with E-state index in [9.17, 15) is 9.18 Å². The molecule has 1 saturated heterocycles. The molecule has 0 aliphatic carbocycles. The van der Waals surface area contributed by atoms with Crippen molar-refractivity contribution in [2.45, 2.75) is 13.8 Å². The summed E-state index contributed by atoms with van der Waals surface area (Å²) in [5, 5.41) is 0. The van der Waals surface area contributed by atoms with Gasteiger partial charge in [-0.15, -0.1) is 0 Å². The molecular weight excluding hydrogens is 319 g/mol. The van der Waals surface area contributed by atoms with E-state index in [1.165, 1.54) is 28.9 Å². The summed E-state index contributed by atoms with van der Waals surface area (Å²) >= 11 is 0. The molecule has 5 heteroatoms. The summed E-state index contributed by atoms with van der Waals surface area (Å²) in [6, 6.07) is 12.2. The molecule has 1 aliphatic rings. The molecule has 132 valence electrons. The highest BCUT2D eigenvalue weighted by atomic mass is 19.1. The Labute approximate surface area is 147 Å². The SMILES string of the molecule is Cc1cccc(N2CCN(C(=O)COc3cccc(F)c3)CC2)c1C. The van der Waals surface area contributed by atoms with Crippen molar-refractivity contribution in [1.29, 1.82) is 0 Å². The highest BCUT2D eigenvalue weighted by Gasteiger charge is 2.22. The van der Waals surface area contributed by atoms with Gasteiger partial charge in [-0.3, -0.25) is 4.79 Å². The zero-order valence-electron chi connectivity index (χ0n) is 14.7. The summed E-state index contributed by atoms with van der Waals surface area (Å²) < 4.78 is 18.5. The molecule has 2 aromatic carbocycles. The third kappa shape index (κ3) is 4.10. The van der Waals surface area contributed by atoms with Gasteiger partial charge in [0.2, 0.25) is 0 Å². The van der Waals surface area contributed by atoms with Gasteiger partial charge in [-0.2, -0.15) is 0 Å². The molecular formula is C20H23FN2O2. The number of hydrogen-bond acceptors (Lipinski definition) is 3. The molecule has 1 heterocycles. The fourth-order valence-electron chi connectivity index (χ4n) is 3.07. The summed E-state index contributed by atoms with van der Waals surface area (Å²) in [5.41, 5.74) is 3.80. The third-order valence-electron chi connectivity index (χ3n) is 4.71. The Morgan fingerprint density at radius 3 is 2.52 bits per heavy atom. The molecule has 3 rings (SSSR count). The number of anilines is 1. The van der Waals surface area contributed by atoms with Crippen molar-refractivity contribution in [2.75, 3.05) is 37.7 Å².